The molecule has 1 atom stereocenters. The number of halogens is 1. The van der Waals surface area contributed by atoms with Crippen LogP contribution >= 0.6 is 12.4 Å². The van der Waals surface area contributed by atoms with Crippen molar-refractivity contribution in [3.63, 3.8) is 0 Å². The highest BCUT2D eigenvalue weighted by Crippen LogP contribution is 2.28. The molecule has 1 unspecified atom stereocenters. The Balaban J connectivity index is 0.00000392. The van der Waals surface area contributed by atoms with Crippen molar-refractivity contribution in [2.75, 3.05) is 13.2 Å². The number of hydrogen-bond acceptors (Lipinski definition) is 5. The van der Waals surface area contributed by atoms with Crippen LogP contribution in [0.4, 0.5) is 5.69 Å². The fourth-order valence-corrected chi connectivity index (χ4v) is 2.63. The number of carbonyl (C=O) groups is 1. The molecule has 0 radical (unpaired) electrons. The van der Waals surface area contributed by atoms with Gasteiger partial charge in [0.15, 0.2) is 5.75 Å². The number of carbonyl (C=O) groups excluding carboxylic acids is 1. The molecule has 1 amide bonds. The average Bonchev–Trinajstić information content (AvgIpc) is 2.66. The standard InChI is InChI=1S/C20H25N3O4.ClH/c1-4-27-19-10-9-16(11-18(19)23(25)26)20(24)22-12-17(21)15-7-5-14(6-8-15)13(2)3;/h5-11,13,17H,4,12,21H2,1-3H3,(H,22,24);1H. The predicted octanol–water partition coefficient (Wildman–Crippen LogP) is 3.97. The van der Waals surface area contributed by atoms with Crippen LogP contribution in [-0.4, -0.2) is 24.0 Å². The van der Waals surface area contributed by atoms with Crippen LogP contribution in [0, 0.1) is 10.1 Å². The largest absolute Gasteiger partial charge is 0.487 e. The van der Waals surface area contributed by atoms with E-state index in [1.807, 2.05) is 24.3 Å². The monoisotopic (exact) mass is 407 g/mol. The predicted molar refractivity (Wildman–Crippen MR) is 111 cm³/mol. The summed E-state index contributed by atoms with van der Waals surface area (Å²) in [4.78, 5) is 22.9. The number of hydrogen-bond donors (Lipinski definition) is 2. The van der Waals surface area contributed by atoms with Gasteiger partial charge in [0.2, 0.25) is 0 Å². The number of amides is 1. The van der Waals surface area contributed by atoms with Gasteiger partial charge in [-0.05, 0) is 36.1 Å². The van der Waals surface area contributed by atoms with Crippen molar-refractivity contribution in [2.45, 2.75) is 32.7 Å². The van der Waals surface area contributed by atoms with Crippen LogP contribution in [0.3, 0.4) is 0 Å². The first-order valence-electron chi connectivity index (χ1n) is 8.88. The highest BCUT2D eigenvalue weighted by atomic mass is 35.5. The number of benzene rings is 2. The molecule has 2 aromatic carbocycles. The maximum absolute atomic E-state index is 12.3. The summed E-state index contributed by atoms with van der Waals surface area (Å²) in [5.74, 6) is 0.154. The molecule has 0 heterocycles. The van der Waals surface area contributed by atoms with Crippen LogP contribution in [0.5, 0.6) is 5.75 Å². The van der Waals surface area contributed by atoms with Crippen molar-refractivity contribution < 1.29 is 14.5 Å². The average molecular weight is 408 g/mol. The zero-order chi connectivity index (χ0) is 20.0. The lowest BCUT2D eigenvalue weighted by Gasteiger charge is -2.15. The van der Waals surface area contributed by atoms with Crippen LogP contribution in [0.1, 0.15) is 54.2 Å². The molecular weight excluding hydrogens is 382 g/mol. The SMILES string of the molecule is CCOc1ccc(C(=O)NCC(N)c2ccc(C(C)C)cc2)cc1[N+](=O)[O-].Cl. The topological polar surface area (TPSA) is 107 Å². The second-order valence-corrected chi connectivity index (χ2v) is 6.51. The van der Waals surface area contributed by atoms with E-state index in [-0.39, 0.29) is 42.0 Å². The Morgan fingerprint density at radius 3 is 2.32 bits per heavy atom. The summed E-state index contributed by atoms with van der Waals surface area (Å²) in [6, 6.07) is 11.7. The number of ether oxygens (including phenoxy) is 1. The van der Waals surface area contributed by atoms with Gasteiger partial charge < -0.3 is 15.8 Å². The Morgan fingerprint density at radius 2 is 1.79 bits per heavy atom. The summed E-state index contributed by atoms with van der Waals surface area (Å²) in [7, 11) is 0. The van der Waals surface area contributed by atoms with E-state index >= 15 is 0 Å². The van der Waals surface area contributed by atoms with E-state index in [0.717, 1.165) is 5.56 Å². The minimum absolute atomic E-state index is 0. The Labute approximate surface area is 170 Å². The summed E-state index contributed by atoms with van der Waals surface area (Å²) in [6.07, 6.45) is 0. The molecule has 0 bridgehead atoms. The molecule has 0 fully saturated rings. The summed E-state index contributed by atoms with van der Waals surface area (Å²) < 4.78 is 5.22. The van der Waals surface area contributed by atoms with Gasteiger partial charge in [-0.25, -0.2) is 0 Å². The second-order valence-electron chi connectivity index (χ2n) is 6.51. The first-order chi connectivity index (χ1) is 12.8. The number of nitrogens with two attached hydrogens (primary N) is 1. The summed E-state index contributed by atoms with van der Waals surface area (Å²) in [6.45, 7) is 6.49. The second kappa shape index (κ2) is 10.6. The van der Waals surface area contributed by atoms with Crippen molar-refractivity contribution >= 4 is 24.0 Å². The third kappa shape index (κ3) is 5.94. The molecule has 7 nitrogen and oxygen atoms in total. The van der Waals surface area contributed by atoms with Gasteiger partial charge in [0.05, 0.1) is 11.5 Å². The van der Waals surface area contributed by atoms with E-state index < -0.39 is 10.8 Å². The van der Waals surface area contributed by atoms with Gasteiger partial charge in [-0.1, -0.05) is 38.1 Å². The molecule has 3 N–H and O–H groups in total. The molecule has 0 aliphatic carbocycles. The number of rotatable bonds is 8. The van der Waals surface area contributed by atoms with E-state index in [1.54, 1.807) is 6.92 Å². The van der Waals surface area contributed by atoms with Crippen molar-refractivity contribution in [3.8, 4) is 5.75 Å². The zero-order valence-electron chi connectivity index (χ0n) is 16.2. The molecule has 2 aromatic rings. The minimum Gasteiger partial charge on any atom is -0.487 e. The molecule has 152 valence electrons. The third-order valence-corrected chi connectivity index (χ3v) is 4.23. The highest BCUT2D eigenvalue weighted by molar-refractivity contribution is 5.95. The van der Waals surface area contributed by atoms with Gasteiger partial charge in [0.1, 0.15) is 0 Å². The van der Waals surface area contributed by atoms with Crippen molar-refractivity contribution in [3.05, 3.63) is 69.3 Å². The van der Waals surface area contributed by atoms with Gasteiger partial charge >= 0.3 is 5.69 Å². The molecule has 0 aliphatic heterocycles. The Morgan fingerprint density at radius 1 is 1.18 bits per heavy atom. The molecule has 28 heavy (non-hydrogen) atoms. The van der Waals surface area contributed by atoms with Crippen molar-refractivity contribution in [2.24, 2.45) is 5.73 Å². The Bertz CT molecular complexity index is 810. The molecule has 0 saturated heterocycles. The summed E-state index contributed by atoms with van der Waals surface area (Å²) in [5, 5.41) is 13.9. The molecular formula is C20H26ClN3O4. The maximum atomic E-state index is 12.3. The number of nitrogens with one attached hydrogen (secondary N) is 1. The lowest BCUT2D eigenvalue weighted by Crippen LogP contribution is -2.31. The van der Waals surface area contributed by atoms with E-state index in [2.05, 4.69) is 19.2 Å². The van der Waals surface area contributed by atoms with E-state index in [9.17, 15) is 14.9 Å². The van der Waals surface area contributed by atoms with Crippen LogP contribution in [-0.2, 0) is 0 Å². The number of nitro benzene ring substituents is 1. The normalized spacial score (nSPS) is 11.5. The fraction of sp³-hybridized carbons (Fsp3) is 0.350. The van der Waals surface area contributed by atoms with Crippen LogP contribution < -0.4 is 15.8 Å². The Hall–Kier alpha value is -2.64. The molecule has 0 saturated carbocycles. The van der Waals surface area contributed by atoms with E-state index in [4.69, 9.17) is 10.5 Å². The molecule has 0 spiro atoms. The maximum Gasteiger partial charge on any atom is 0.311 e. The smallest absolute Gasteiger partial charge is 0.311 e. The highest BCUT2D eigenvalue weighted by Gasteiger charge is 2.19. The van der Waals surface area contributed by atoms with Crippen LogP contribution in [0.25, 0.3) is 0 Å². The van der Waals surface area contributed by atoms with Gasteiger partial charge in [-0.15, -0.1) is 12.4 Å². The molecule has 0 aliphatic rings. The first kappa shape index (κ1) is 23.4. The van der Waals surface area contributed by atoms with Gasteiger partial charge in [0, 0.05) is 24.2 Å². The molecule has 2 rings (SSSR count). The molecule has 8 heteroatoms. The molecule has 0 aromatic heterocycles. The lowest BCUT2D eigenvalue weighted by atomic mass is 9.99. The van der Waals surface area contributed by atoms with E-state index in [0.29, 0.717) is 12.5 Å². The Kier molecular flexibility index (Phi) is 8.88. The van der Waals surface area contributed by atoms with Gasteiger partial charge in [0.25, 0.3) is 5.91 Å². The van der Waals surface area contributed by atoms with Gasteiger partial charge in [-0.2, -0.15) is 0 Å². The summed E-state index contributed by atoms with van der Waals surface area (Å²) in [5.41, 5.74) is 8.23. The van der Waals surface area contributed by atoms with Crippen molar-refractivity contribution in [1.82, 2.24) is 5.32 Å². The fourth-order valence-electron chi connectivity index (χ4n) is 2.63. The van der Waals surface area contributed by atoms with Gasteiger partial charge in [-0.3, -0.25) is 14.9 Å². The van der Waals surface area contributed by atoms with Crippen LogP contribution in [0.2, 0.25) is 0 Å². The lowest BCUT2D eigenvalue weighted by molar-refractivity contribution is -0.385. The van der Waals surface area contributed by atoms with E-state index in [1.165, 1.54) is 23.8 Å². The summed E-state index contributed by atoms with van der Waals surface area (Å²) >= 11 is 0. The first-order valence-corrected chi connectivity index (χ1v) is 8.88. The number of nitrogens with zero attached hydrogens (tertiary/aromatic N) is 1. The number of nitro groups is 1. The minimum atomic E-state index is -0.566. The quantitative estimate of drug-likeness (QED) is 0.508. The van der Waals surface area contributed by atoms with Crippen molar-refractivity contribution in [1.29, 1.82) is 0 Å². The third-order valence-electron chi connectivity index (χ3n) is 4.23. The zero-order valence-corrected chi connectivity index (χ0v) is 17.0. The van der Waals surface area contributed by atoms with Crippen LogP contribution in [0.15, 0.2) is 42.5 Å².